The predicted molar refractivity (Wildman–Crippen MR) is 84.1 cm³/mol. The van der Waals surface area contributed by atoms with E-state index in [1.54, 1.807) is 0 Å². The van der Waals surface area contributed by atoms with Gasteiger partial charge < -0.3 is 30.3 Å². The fourth-order valence-corrected chi connectivity index (χ4v) is 3.65. The van der Waals surface area contributed by atoms with Gasteiger partial charge in [-0.15, -0.1) is 0 Å². The molecule has 0 aromatic carbocycles. The minimum atomic E-state index is -3.94. The highest BCUT2D eigenvalue weighted by molar-refractivity contribution is 6.12. The van der Waals surface area contributed by atoms with Crippen LogP contribution in [0.15, 0.2) is 0 Å². The van der Waals surface area contributed by atoms with Gasteiger partial charge in [0.2, 0.25) is 16.8 Å². The van der Waals surface area contributed by atoms with E-state index in [9.17, 15) is 49.5 Å². The first-order valence-corrected chi connectivity index (χ1v) is 7.74. The number of hydrogen-bond donors (Lipinski definition) is 5. The summed E-state index contributed by atoms with van der Waals surface area (Å²) in [5.41, 5.74) is -14.8. The summed E-state index contributed by atoms with van der Waals surface area (Å²) in [5.74, 6) is -11.5. The maximum Gasteiger partial charge on any atom is 0.268 e. The van der Waals surface area contributed by atoms with Crippen LogP contribution >= 0.6 is 0 Å². The fourth-order valence-electron chi connectivity index (χ4n) is 3.65. The Hall–Kier alpha value is -1.89. The second kappa shape index (κ2) is 6.33. The van der Waals surface area contributed by atoms with Gasteiger partial charge in [-0.25, -0.2) is 0 Å². The molecule has 1 rings (SSSR count). The summed E-state index contributed by atoms with van der Waals surface area (Å²) in [6, 6.07) is 0. The molecular weight excluding hydrogens is 368 g/mol. The Kier molecular flexibility index (Phi) is 5.43. The summed E-state index contributed by atoms with van der Waals surface area (Å²) >= 11 is 0. The summed E-state index contributed by atoms with van der Waals surface area (Å²) in [7, 11) is 0. The lowest BCUT2D eigenvalue weighted by Crippen LogP contribution is -2.94. The van der Waals surface area contributed by atoms with Gasteiger partial charge >= 0.3 is 0 Å². The first kappa shape index (κ1) is 23.1. The standard InChI is InChI=1S/C16H22O11/c1-7(18)12(6-17)13(23,8(2)19)14(24,9(3)20)15(25,10(4)21)16(26,27-12)11(5)22/h17,23-26H,6H2,1-5H3/t12-,13+,14-,15+,16+/m0/s1. The molecule has 0 aromatic rings. The summed E-state index contributed by atoms with van der Waals surface area (Å²) in [6.45, 7) is 1.33. The van der Waals surface area contributed by atoms with Crippen molar-refractivity contribution in [2.45, 2.75) is 62.8 Å². The van der Waals surface area contributed by atoms with Crippen LogP contribution in [0.1, 0.15) is 34.6 Å². The topological polar surface area (TPSA) is 196 Å². The molecule has 11 nitrogen and oxygen atoms in total. The normalized spacial score (nSPS) is 41.7. The van der Waals surface area contributed by atoms with Crippen LogP contribution in [-0.2, 0) is 28.7 Å². The Labute approximate surface area is 153 Å². The minimum absolute atomic E-state index is 0.538. The van der Waals surface area contributed by atoms with Crippen LogP contribution in [0.4, 0.5) is 0 Å². The third-order valence-electron chi connectivity index (χ3n) is 5.24. The largest absolute Gasteiger partial charge is 0.393 e. The molecule has 0 spiro atoms. The molecule has 11 heteroatoms. The third-order valence-corrected chi connectivity index (χ3v) is 5.24. The molecule has 0 saturated carbocycles. The van der Waals surface area contributed by atoms with Crippen LogP contribution in [0.25, 0.3) is 0 Å². The smallest absolute Gasteiger partial charge is 0.268 e. The maximum absolute atomic E-state index is 12.4. The molecule has 1 heterocycles. The van der Waals surface area contributed by atoms with Crippen molar-refractivity contribution in [2.75, 3.05) is 6.61 Å². The monoisotopic (exact) mass is 390 g/mol. The highest BCUT2D eigenvalue weighted by Gasteiger charge is 2.88. The minimum Gasteiger partial charge on any atom is -0.393 e. The molecule has 0 amide bonds. The van der Waals surface area contributed by atoms with Gasteiger partial charge in [0.15, 0.2) is 34.5 Å². The van der Waals surface area contributed by atoms with Crippen molar-refractivity contribution >= 4 is 28.9 Å². The van der Waals surface area contributed by atoms with Crippen molar-refractivity contribution in [1.29, 1.82) is 0 Å². The number of hydrogen-bond acceptors (Lipinski definition) is 11. The number of aliphatic hydroxyl groups is 5. The molecule has 152 valence electrons. The Balaban J connectivity index is 4.36. The molecule has 5 N–H and O–H groups in total. The molecule has 1 fully saturated rings. The lowest BCUT2D eigenvalue weighted by Gasteiger charge is -2.63. The van der Waals surface area contributed by atoms with Gasteiger partial charge in [-0.05, 0) is 27.7 Å². The third kappa shape index (κ3) is 2.21. The number of ether oxygens (including phenoxy) is 1. The van der Waals surface area contributed by atoms with Crippen molar-refractivity contribution < 1.29 is 54.2 Å². The van der Waals surface area contributed by atoms with E-state index in [1.165, 1.54) is 0 Å². The van der Waals surface area contributed by atoms with E-state index in [1.807, 2.05) is 0 Å². The first-order valence-electron chi connectivity index (χ1n) is 7.74. The van der Waals surface area contributed by atoms with E-state index < -0.39 is 63.7 Å². The van der Waals surface area contributed by atoms with Crippen LogP contribution in [-0.4, -0.2) is 89.2 Å². The van der Waals surface area contributed by atoms with E-state index in [2.05, 4.69) is 0 Å². The number of aliphatic hydroxyl groups excluding tert-OH is 1. The number of carbonyl (C=O) groups is 5. The van der Waals surface area contributed by atoms with Gasteiger partial charge in [0.25, 0.3) is 5.79 Å². The van der Waals surface area contributed by atoms with Crippen LogP contribution < -0.4 is 0 Å². The van der Waals surface area contributed by atoms with E-state index in [0.717, 1.165) is 0 Å². The van der Waals surface area contributed by atoms with Gasteiger partial charge in [0.05, 0.1) is 6.61 Å². The number of rotatable bonds is 6. The Morgan fingerprint density at radius 1 is 0.630 bits per heavy atom. The van der Waals surface area contributed by atoms with Gasteiger partial charge in [-0.1, -0.05) is 0 Å². The SMILES string of the molecule is CC(=O)[C@@]1(O)[C@](O)(C(C)=O)[C@@](O)(C(C)=O)O[C@@](CO)(C(C)=O)[C@]1(O)C(C)=O. The number of Topliss-reactive ketones (excluding diaryl/α,β-unsaturated/α-hetero) is 5. The Morgan fingerprint density at radius 2 is 1.00 bits per heavy atom. The molecule has 27 heavy (non-hydrogen) atoms. The van der Waals surface area contributed by atoms with E-state index in [-0.39, 0.29) is 0 Å². The van der Waals surface area contributed by atoms with Gasteiger partial charge in [-0.2, -0.15) is 0 Å². The Bertz CT molecular complexity index is 745. The highest BCUT2D eigenvalue weighted by atomic mass is 16.7. The molecule has 5 atom stereocenters. The summed E-state index contributed by atoms with van der Waals surface area (Å²) < 4.78 is 4.89. The fraction of sp³-hybridized carbons (Fsp3) is 0.688. The average Bonchev–Trinajstić information content (AvgIpc) is 2.54. The van der Waals surface area contributed by atoms with Gasteiger partial charge in [0, 0.05) is 6.92 Å². The molecule has 0 bridgehead atoms. The number of carbonyl (C=O) groups excluding carboxylic acids is 5. The quantitative estimate of drug-likeness (QED) is 0.303. The molecule has 1 aliphatic rings. The highest BCUT2D eigenvalue weighted by Crippen LogP contribution is 2.54. The van der Waals surface area contributed by atoms with E-state index in [4.69, 9.17) is 4.74 Å². The lowest BCUT2D eigenvalue weighted by atomic mass is 9.53. The molecule has 0 radical (unpaired) electrons. The average molecular weight is 390 g/mol. The van der Waals surface area contributed by atoms with Gasteiger partial charge in [0.1, 0.15) is 0 Å². The molecule has 1 aliphatic heterocycles. The van der Waals surface area contributed by atoms with E-state index >= 15 is 0 Å². The second-order valence-electron chi connectivity index (χ2n) is 6.64. The number of ketones is 5. The van der Waals surface area contributed by atoms with E-state index in [0.29, 0.717) is 34.6 Å². The molecule has 1 saturated heterocycles. The zero-order chi connectivity index (χ0) is 21.8. The summed E-state index contributed by atoms with van der Waals surface area (Å²) in [5, 5.41) is 53.5. The van der Waals surface area contributed by atoms with Crippen molar-refractivity contribution in [1.82, 2.24) is 0 Å². The maximum atomic E-state index is 12.4. The second-order valence-corrected chi connectivity index (χ2v) is 6.64. The lowest BCUT2D eigenvalue weighted by molar-refractivity contribution is -0.409. The summed E-state index contributed by atoms with van der Waals surface area (Å²) in [6.07, 6.45) is 0. The van der Waals surface area contributed by atoms with Crippen LogP contribution in [0.5, 0.6) is 0 Å². The molecule has 0 aromatic heterocycles. The molecule has 0 unspecified atom stereocenters. The van der Waals surface area contributed by atoms with Crippen molar-refractivity contribution in [2.24, 2.45) is 0 Å². The van der Waals surface area contributed by atoms with Crippen molar-refractivity contribution in [3.05, 3.63) is 0 Å². The van der Waals surface area contributed by atoms with Crippen LogP contribution in [0.2, 0.25) is 0 Å². The molecule has 0 aliphatic carbocycles. The zero-order valence-corrected chi connectivity index (χ0v) is 15.4. The Morgan fingerprint density at radius 3 is 1.22 bits per heavy atom. The predicted octanol–water partition coefficient (Wildman–Crippen LogP) is -3.43. The van der Waals surface area contributed by atoms with Crippen LogP contribution in [0.3, 0.4) is 0 Å². The van der Waals surface area contributed by atoms with Gasteiger partial charge in [-0.3, -0.25) is 24.0 Å². The van der Waals surface area contributed by atoms with Crippen molar-refractivity contribution in [3.8, 4) is 0 Å². The summed E-state index contributed by atoms with van der Waals surface area (Å²) in [4.78, 5) is 61.2. The van der Waals surface area contributed by atoms with Crippen LogP contribution in [0, 0.1) is 0 Å². The zero-order valence-electron chi connectivity index (χ0n) is 15.4. The first-order chi connectivity index (χ1) is 12.0. The molecular formula is C16H22O11. The van der Waals surface area contributed by atoms with Crippen molar-refractivity contribution in [3.63, 3.8) is 0 Å².